The van der Waals surface area contributed by atoms with E-state index in [1.165, 1.54) is 16.7 Å². The van der Waals surface area contributed by atoms with Gasteiger partial charge in [-0.05, 0) is 38.2 Å². The van der Waals surface area contributed by atoms with Crippen LogP contribution >= 0.6 is 0 Å². The van der Waals surface area contributed by atoms with E-state index in [2.05, 4.69) is 58.9 Å². The second-order valence-corrected chi connectivity index (χ2v) is 7.78. The van der Waals surface area contributed by atoms with Gasteiger partial charge in [0.05, 0.1) is 5.41 Å². The molecule has 1 unspecified atom stereocenters. The van der Waals surface area contributed by atoms with Crippen LogP contribution in [0.25, 0.3) is 0 Å². The molecule has 0 radical (unpaired) electrons. The highest BCUT2D eigenvalue weighted by Crippen LogP contribution is 2.75. The van der Waals surface area contributed by atoms with Crippen molar-refractivity contribution in [3.63, 3.8) is 0 Å². The minimum absolute atomic E-state index is 0.0373. The van der Waals surface area contributed by atoms with Gasteiger partial charge in [0.25, 0.3) is 0 Å². The van der Waals surface area contributed by atoms with Crippen molar-refractivity contribution in [2.24, 2.45) is 16.2 Å². The van der Waals surface area contributed by atoms with Crippen molar-refractivity contribution in [2.75, 3.05) is 0 Å². The molecule has 3 heteroatoms. The molecule has 0 aromatic heterocycles. The van der Waals surface area contributed by atoms with Gasteiger partial charge < -0.3 is 0 Å². The van der Waals surface area contributed by atoms with Crippen molar-refractivity contribution < 1.29 is 4.92 Å². The Labute approximate surface area is 132 Å². The molecule has 3 nitrogen and oxygen atoms in total. The second kappa shape index (κ2) is 4.43. The Bertz CT molecular complexity index is 665. The molecule has 0 spiro atoms. The minimum atomic E-state index is -0.477. The molecule has 0 heterocycles. The molecular weight excluding hydrogens is 274 g/mol. The van der Waals surface area contributed by atoms with Crippen molar-refractivity contribution in [3.8, 4) is 0 Å². The van der Waals surface area contributed by atoms with Gasteiger partial charge in [0.2, 0.25) is 6.04 Å². The van der Waals surface area contributed by atoms with Crippen LogP contribution in [0.3, 0.4) is 0 Å². The van der Waals surface area contributed by atoms with Crippen LogP contribution in [0, 0.1) is 26.4 Å². The Kier molecular flexibility index (Phi) is 3.08. The third kappa shape index (κ3) is 1.52. The van der Waals surface area contributed by atoms with Gasteiger partial charge in [-0.1, -0.05) is 55.3 Å². The summed E-state index contributed by atoms with van der Waals surface area (Å²) in [6, 6.07) is 9.93. The number of hydrogen-bond donors (Lipinski definition) is 0. The van der Waals surface area contributed by atoms with Gasteiger partial charge in [-0.3, -0.25) is 10.1 Å². The standard InChI is InChI=1S/C19H25NO2/c1-13-14(2)19(5)16(20(21)22)12-17(13,3)18(19,4)11-15-9-7-6-8-10-15/h6-10,16H,11-12H2,1-5H3/t16-,17-,18?,19-/m1/s1. The largest absolute Gasteiger partial charge is 0.264 e. The Hall–Kier alpha value is -1.64. The summed E-state index contributed by atoms with van der Waals surface area (Å²) in [5.41, 5.74) is 3.29. The van der Waals surface area contributed by atoms with E-state index in [1.807, 2.05) is 6.07 Å². The zero-order chi connectivity index (χ0) is 16.3. The molecular formula is C19H25NO2. The van der Waals surface area contributed by atoms with Gasteiger partial charge in [0, 0.05) is 16.8 Å². The smallest absolute Gasteiger partial charge is 0.223 e. The van der Waals surface area contributed by atoms with Crippen molar-refractivity contribution in [2.45, 2.75) is 53.5 Å². The van der Waals surface area contributed by atoms with Gasteiger partial charge in [0.15, 0.2) is 0 Å². The molecule has 0 N–H and O–H groups in total. The average molecular weight is 299 g/mol. The fourth-order valence-electron chi connectivity index (χ4n) is 5.46. The van der Waals surface area contributed by atoms with Gasteiger partial charge in [0.1, 0.15) is 0 Å². The summed E-state index contributed by atoms with van der Waals surface area (Å²) in [6.07, 6.45) is 1.54. The van der Waals surface area contributed by atoms with E-state index in [1.54, 1.807) is 0 Å². The highest BCUT2D eigenvalue weighted by molar-refractivity contribution is 5.44. The SMILES string of the molecule is CC1=C(C)[C@]2(C)[C@H]([N+](=O)[O-])C[C@@]1(C)C2(C)Cc1ccccc1. The van der Waals surface area contributed by atoms with Crippen LogP contribution in [0.4, 0.5) is 0 Å². The third-order valence-electron chi connectivity index (χ3n) is 7.46. The molecule has 22 heavy (non-hydrogen) atoms. The van der Waals surface area contributed by atoms with Gasteiger partial charge in [-0.15, -0.1) is 0 Å². The molecule has 3 rings (SSSR count). The predicted molar refractivity (Wildman–Crippen MR) is 88.2 cm³/mol. The summed E-state index contributed by atoms with van der Waals surface area (Å²) < 4.78 is 0. The van der Waals surface area contributed by atoms with Crippen LogP contribution in [0.5, 0.6) is 0 Å². The first-order valence-electron chi connectivity index (χ1n) is 8.04. The number of hydrogen-bond acceptors (Lipinski definition) is 2. The van der Waals surface area contributed by atoms with Crippen molar-refractivity contribution in [1.29, 1.82) is 0 Å². The highest BCUT2D eigenvalue weighted by atomic mass is 16.6. The Morgan fingerprint density at radius 3 is 2.27 bits per heavy atom. The van der Waals surface area contributed by atoms with Crippen molar-refractivity contribution in [3.05, 3.63) is 57.2 Å². The molecule has 118 valence electrons. The number of rotatable bonds is 3. The fourth-order valence-corrected chi connectivity index (χ4v) is 5.46. The van der Waals surface area contributed by atoms with Crippen LogP contribution < -0.4 is 0 Å². The van der Waals surface area contributed by atoms with Gasteiger partial charge in [-0.2, -0.15) is 0 Å². The molecule has 1 saturated carbocycles. The highest BCUT2D eigenvalue weighted by Gasteiger charge is 2.75. The Morgan fingerprint density at radius 2 is 1.73 bits per heavy atom. The number of fused-ring (bicyclic) bond motifs is 2. The maximum atomic E-state index is 11.7. The van der Waals surface area contributed by atoms with E-state index in [0.29, 0.717) is 6.42 Å². The lowest BCUT2D eigenvalue weighted by Gasteiger charge is -2.43. The molecule has 4 atom stereocenters. The van der Waals surface area contributed by atoms with Crippen LogP contribution in [0.15, 0.2) is 41.5 Å². The summed E-state index contributed by atoms with van der Waals surface area (Å²) in [6.45, 7) is 10.9. The number of benzene rings is 1. The zero-order valence-electron chi connectivity index (χ0n) is 14.1. The molecule has 1 aromatic carbocycles. The second-order valence-electron chi connectivity index (χ2n) is 7.78. The summed E-state index contributed by atoms with van der Waals surface area (Å²) >= 11 is 0. The van der Waals surface area contributed by atoms with Crippen LogP contribution in [-0.2, 0) is 6.42 Å². The van der Waals surface area contributed by atoms with Crippen molar-refractivity contribution >= 4 is 0 Å². The summed E-state index contributed by atoms with van der Waals surface area (Å²) in [5, 5.41) is 11.7. The van der Waals surface area contributed by atoms with E-state index in [-0.39, 0.29) is 21.2 Å². The first kappa shape index (κ1) is 15.3. The maximum Gasteiger partial charge on any atom is 0.223 e. The van der Waals surface area contributed by atoms with Crippen molar-refractivity contribution in [1.82, 2.24) is 0 Å². The first-order chi connectivity index (χ1) is 10.2. The summed E-state index contributed by atoms with van der Waals surface area (Å²) in [5.74, 6) is 0. The number of allylic oxidation sites excluding steroid dienone is 1. The Morgan fingerprint density at radius 1 is 1.14 bits per heavy atom. The van der Waals surface area contributed by atoms with E-state index in [9.17, 15) is 10.1 Å². The molecule has 1 aromatic rings. The first-order valence-corrected chi connectivity index (χ1v) is 8.04. The lowest BCUT2D eigenvalue weighted by atomic mass is 9.58. The molecule has 1 fully saturated rings. The van der Waals surface area contributed by atoms with Gasteiger partial charge in [-0.25, -0.2) is 0 Å². The molecule has 0 aliphatic heterocycles. The topological polar surface area (TPSA) is 43.1 Å². The van der Waals surface area contributed by atoms with Crippen LogP contribution in [0.1, 0.15) is 46.6 Å². The molecule has 0 saturated heterocycles. The summed E-state index contributed by atoms with van der Waals surface area (Å²) in [7, 11) is 0. The predicted octanol–water partition coefficient (Wildman–Crippen LogP) is 4.65. The zero-order valence-corrected chi connectivity index (χ0v) is 14.1. The van der Waals surface area contributed by atoms with E-state index >= 15 is 0 Å². The molecule has 2 aliphatic carbocycles. The molecule has 0 amide bonds. The van der Waals surface area contributed by atoms with E-state index < -0.39 is 6.04 Å². The quantitative estimate of drug-likeness (QED) is 0.463. The van der Waals surface area contributed by atoms with E-state index in [0.717, 1.165) is 6.42 Å². The lowest BCUT2D eigenvalue weighted by Crippen LogP contribution is -2.45. The van der Waals surface area contributed by atoms with E-state index in [4.69, 9.17) is 0 Å². The average Bonchev–Trinajstić information content (AvgIpc) is 2.71. The van der Waals surface area contributed by atoms with Crippen LogP contribution in [-0.4, -0.2) is 11.0 Å². The lowest BCUT2D eigenvalue weighted by molar-refractivity contribution is -0.538. The number of nitro groups is 1. The van der Waals surface area contributed by atoms with Crippen LogP contribution in [0.2, 0.25) is 0 Å². The molecule has 2 bridgehead atoms. The minimum Gasteiger partial charge on any atom is -0.264 e. The number of nitrogens with zero attached hydrogens (tertiary/aromatic N) is 1. The maximum absolute atomic E-state index is 11.7. The summed E-state index contributed by atoms with van der Waals surface area (Å²) in [4.78, 5) is 11.7. The fraction of sp³-hybridized carbons (Fsp3) is 0.579. The molecule has 2 aliphatic rings. The normalized spacial score (nSPS) is 40.3. The van der Waals surface area contributed by atoms with Gasteiger partial charge >= 0.3 is 0 Å². The third-order valence-corrected chi connectivity index (χ3v) is 7.46. The monoisotopic (exact) mass is 299 g/mol. The Balaban J connectivity index is 2.14.